The van der Waals surface area contributed by atoms with Gasteiger partial charge in [0.1, 0.15) is 0 Å². The third-order valence-corrected chi connectivity index (χ3v) is 4.55. The summed E-state index contributed by atoms with van der Waals surface area (Å²) in [6, 6.07) is 19.9. The molecular formula is C22H20N4O. The number of amides is 1. The van der Waals surface area contributed by atoms with Gasteiger partial charge in [0.05, 0.1) is 41.4 Å². The van der Waals surface area contributed by atoms with Gasteiger partial charge < -0.3 is 5.32 Å². The lowest BCUT2D eigenvalue weighted by Crippen LogP contribution is -2.15. The fraction of sp³-hybridized carbons (Fsp3) is 0.136. The van der Waals surface area contributed by atoms with E-state index in [1.165, 1.54) is 0 Å². The molecule has 0 spiro atoms. The SMILES string of the molecule is CCc1c(C(=O)Nc2cnc3ccccc3c2)cnn1Cc1ccccc1. The second-order valence-corrected chi connectivity index (χ2v) is 6.37. The van der Waals surface area contributed by atoms with E-state index in [2.05, 4.69) is 27.5 Å². The molecule has 4 aromatic rings. The van der Waals surface area contributed by atoms with Gasteiger partial charge in [-0.1, -0.05) is 55.5 Å². The van der Waals surface area contributed by atoms with E-state index in [9.17, 15) is 4.79 Å². The zero-order valence-electron chi connectivity index (χ0n) is 15.1. The van der Waals surface area contributed by atoms with E-state index in [0.717, 1.165) is 28.6 Å². The second kappa shape index (κ2) is 7.41. The van der Waals surface area contributed by atoms with E-state index in [1.54, 1.807) is 12.4 Å². The monoisotopic (exact) mass is 356 g/mol. The van der Waals surface area contributed by atoms with Crippen molar-refractivity contribution >= 4 is 22.5 Å². The summed E-state index contributed by atoms with van der Waals surface area (Å²) in [5.74, 6) is -0.164. The number of hydrogen-bond donors (Lipinski definition) is 1. The summed E-state index contributed by atoms with van der Waals surface area (Å²) in [5.41, 5.74) is 4.25. The number of para-hydroxylation sites is 1. The van der Waals surface area contributed by atoms with Crippen LogP contribution in [0.25, 0.3) is 10.9 Å². The minimum absolute atomic E-state index is 0.164. The summed E-state index contributed by atoms with van der Waals surface area (Å²) in [5, 5.41) is 8.37. The van der Waals surface area contributed by atoms with Crippen LogP contribution in [-0.2, 0) is 13.0 Å². The number of nitrogens with one attached hydrogen (secondary N) is 1. The molecule has 2 aromatic heterocycles. The molecule has 0 saturated heterocycles. The van der Waals surface area contributed by atoms with Crippen LogP contribution in [0.1, 0.15) is 28.5 Å². The van der Waals surface area contributed by atoms with Gasteiger partial charge in [0.15, 0.2) is 0 Å². The fourth-order valence-electron chi connectivity index (χ4n) is 3.20. The number of nitrogens with zero attached hydrogens (tertiary/aromatic N) is 3. The summed E-state index contributed by atoms with van der Waals surface area (Å²) in [7, 11) is 0. The first-order chi connectivity index (χ1) is 13.2. The van der Waals surface area contributed by atoms with Crippen LogP contribution in [0.2, 0.25) is 0 Å². The van der Waals surface area contributed by atoms with Gasteiger partial charge >= 0.3 is 0 Å². The molecular weight excluding hydrogens is 336 g/mol. The van der Waals surface area contributed by atoms with E-state index >= 15 is 0 Å². The van der Waals surface area contributed by atoms with E-state index < -0.39 is 0 Å². The average molecular weight is 356 g/mol. The van der Waals surface area contributed by atoms with Crippen LogP contribution in [-0.4, -0.2) is 20.7 Å². The molecule has 0 aliphatic heterocycles. The summed E-state index contributed by atoms with van der Waals surface area (Å²) < 4.78 is 1.89. The molecule has 2 aromatic carbocycles. The topological polar surface area (TPSA) is 59.8 Å². The Bertz CT molecular complexity index is 1090. The maximum Gasteiger partial charge on any atom is 0.259 e. The van der Waals surface area contributed by atoms with Crippen molar-refractivity contribution in [2.75, 3.05) is 5.32 Å². The molecule has 27 heavy (non-hydrogen) atoms. The Hall–Kier alpha value is -3.47. The highest BCUT2D eigenvalue weighted by Crippen LogP contribution is 2.18. The zero-order chi connectivity index (χ0) is 18.6. The van der Waals surface area contributed by atoms with E-state index in [4.69, 9.17) is 0 Å². The lowest BCUT2D eigenvalue weighted by atomic mass is 10.1. The van der Waals surface area contributed by atoms with Crippen molar-refractivity contribution in [3.8, 4) is 0 Å². The molecule has 0 saturated carbocycles. The van der Waals surface area contributed by atoms with Crippen molar-refractivity contribution in [1.29, 1.82) is 0 Å². The Labute approximate surface area is 157 Å². The summed E-state index contributed by atoms with van der Waals surface area (Å²) in [4.78, 5) is 17.2. The molecule has 2 heterocycles. The van der Waals surface area contributed by atoms with Crippen molar-refractivity contribution in [3.05, 3.63) is 89.9 Å². The maximum atomic E-state index is 12.8. The molecule has 1 N–H and O–H groups in total. The average Bonchev–Trinajstić information content (AvgIpc) is 3.11. The van der Waals surface area contributed by atoms with Crippen molar-refractivity contribution in [2.24, 2.45) is 0 Å². The normalized spacial score (nSPS) is 10.9. The van der Waals surface area contributed by atoms with Gasteiger partial charge in [0.25, 0.3) is 5.91 Å². The Morgan fingerprint density at radius 1 is 1.04 bits per heavy atom. The van der Waals surface area contributed by atoms with Gasteiger partial charge in [-0.15, -0.1) is 0 Å². The molecule has 0 fully saturated rings. The molecule has 134 valence electrons. The Balaban J connectivity index is 1.57. The van der Waals surface area contributed by atoms with Crippen LogP contribution in [0.5, 0.6) is 0 Å². The molecule has 0 aliphatic carbocycles. The first-order valence-corrected chi connectivity index (χ1v) is 8.99. The highest BCUT2D eigenvalue weighted by molar-refractivity contribution is 6.05. The van der Waals surface area contributed by atoms with Crippen LogP contribution in [0.3, 0.4) is 0 Å². The lowest BCUT2D eigenvalue weighted by Gasteiger charge is -2.09. The zero-order valence-corrected chi connectivity index (χ0v) is 15.1. The minimum atomic E-state index is -0.164. The quantitative estimate of drug-likeness (QED) is 0.580. The standard InChI is InChI=1S/C22H20N4O/c1-2-21-19(14-24-26(21)15-16-8-4-3-5-9-16)22(27)25-18-12-17-10-6-7-11-20(17)23-13-18/h3-14H,2,15H2,1H3,(H,25,27). The van der Waals surface area contributed by atoms with E-state index in [0.29, 0.717) is 17.8 Å². The highest BCUT2D eigenvalue weighted by Gasteiger charge is 2.17. The van der Waals surface area contributed by atoms with Crippen molar-refractivity contribution < 1.29 is 4.79 Å². The third kappa shape index (κ3) is 3.58. The first-order valence-electron chi connectivity index (χ1n) is 8.99. The molecule has 0 aliphatic rings. The van der Waals surface area contributed by atoms with Crippen LogP contribution in [0.15, 0.2) is 73.1 Å². The fourth-order valence-corrected chi connectivity index (χ4v) is 3.20. The molecule has 0 unspecified atom stereocenters. The van der Waals surface area contributed by atoms with E-state index in [1.807, 2.05) is 60.1 Å². The number of benzene rings is 2. The summed E-state index contributed by atoms with van der Waals surface area (Å²) in [6.07, 6.45) is 4.05. The number of fused-ring (bicyclic) bond motifs is 1. The predicted octanol–water partition coefficient (Wildman–Crippen LogP) is 4.29. The Morgan fingerprint density at radius 2 is 1.81 bits per heavy atom. The Kier molecular flexibility index (Phi) is 4.66. The molecule has 0 bridgehead atoms. The van der Waals surface area contributed by atoms with Gasteiger partial charge in [-0.3, -0.25) is 14.5 Å². The highest BCUT2D eigenvalue weighted by atomic mass is 16.1. The van der Waals surface area contributed by atoms with Gasteiger partial charge in [-0.25, -0.2) is 0 Å². The van der Waals surface area contributed by atoms with Gasteiger partial charge in [0.2, 0.25) is 0 Å². The summed E-state index contributed by atoms with van der Waals surface area (Å²) >= 11 is 0. The van der Waals surface area contributed by atoms with Gasteiger partial charge in [-0.2, -0.15) is 5.10 Å². The lowest BCUT2D eigenvalue weighted by molar-refractivity contribution is 0.102. The molecule has 1 amide bonds. The second-order valence-electron chi connectivity index (χ2n) is 6.37. The number of carbonyl (C=O) groups excluding carboxylic acids is 1. The van der Waals surface area contributed by atoms with Crippen LogP contribution >= 0.6 is 0 Å². The molecule has 0 radical (unpaired) electrons. The number of hydrogen-bond acceptors (Lipinski definition) is 3. The minimum Gasteiger partial charge on any atom is -0.320 e. The van der Waals surface area contributed by atoms with Crippen molar-refractivity contribution in [1.82, 2.24) is 14.8 Å². The molecule has 0 atom stereocenters. The molecule has 5 nitrogen and oxygen atoms in total. The van der Waals surface area contributed by atoms with Gasteiger partial charge in [0, 0.05) is 5.39 Å². The van der Waals surface area contributed by atoms with Crippen molar-refractivity contribution in [2.45, 2.75) is 19.9 Å². The number of rotatable bonds is 5. The predicted molar refractivity (Wildman–Crippen MR) is 107 cm³/mol. The number of pyridine rings is 1. The number of anilines is 1. The smallest absolute Gasteiger partial charge is 0.259 e. The largest absolute Gasteiger partial charge is 0.320 e. The maximum absolute atomic E-state index is 12.8. The summed E-state index contributed by atoms with van der Waals surface area (Å²) in [6.45, 7) is 2.68. The third-order valence-electron chi connectivity index (χ3n) is 4.55. The number of aromatic nitrogens is 3. The number of carbonyl (C=O) groups is 1. The van der Waals surface area contributed by atoms with E-state index in [-0.39, 0.29) is 5.91 Å². The van der Waals surface area contributed by atoms with Gasteiger partial charge in [-0.05, 0) is 24.1 Å². The van der Waals surface area contributed by atoms with Crippen LogP contribution < -0.4 is 5.32 Å². The molecule has 5 heteroatoms. The van der Waals surface area contributed by atoms with Crippen LogP contribution in [0.4, 0.5) is 5.69 Å². The van der Waals surface area contributed by atoms with Crippen LogP contribution in [0, 0.1) is 0 Å². The first kappa shape index (κ1) is 17.0. The molecule has 4 rings (SSSR count). The van der Waals surface area contributed by atoms with Crippen molar-refractivity contribution in [3.63, 3.8) is 0 Å². The Morgan fingerprint density at radius 3 is 2.63 bits per heavy atom.